The van der Waals surface area contributed by atoms with E-state index >= 15 is 0 Å². The number of ether oxygens (including phenoxy) is 1. The van der Waals surface area contributed by atoms with Crippen LogP contribution in [0, 0.1) is 6.92 Å². The molecule has 0 bridgehead atoms. The smallest absolute Gasteiger partial charge is 0.362 e. The Morgan fingerprint density at radius 1 is 1.37 bits per heavy atom. The Balaban J connectivity index is 2.95. The fourth-order valence-electron chi connectivity index (χ4n) is 1.20. The zero-order chi connectivity index (χ0) is 14.3. The molecule has 0 aliphatic rings. The van der Waals surface area contributed by atoms with Crippen molar-refractivity contribution in [1.82, 2.24) is 0 Å². The van der Waals surface area contributed by atoms with E-state index in [0.29, 0.717) is 5.69 Å². The second-order valence-electron chi connectivity index (χ2n) is 3.68. The maximum absolute atomic E-state index is 11.6. The minimum atomic E-state index is -0.753. The molecule has 0 atom stereocenters. The number of rotatable bonds is 5. The number of alkyl halides is 1. The van der Waals surface area contributed by atoms with Gasteiger partial charge in [0.05, 0.1) is 18.2 Å². The van der Waals surface area contributed by atoms with E-state index in [1.54, 1.807) is 19.1 Å². The highest BCUT2D eigenvalue weighted by molar-refractivity contribution is 6.19. The third kappa shape index (κ3) is 4.71. The van der Waals surface area contributed by atoms with Gasteiger partial charge in [-0.3, -0.25) is 0 Å². The zero-order valence-electron chi connectivity index (χ0n) is 10.8. The number of aliphatic hydroxyl groups is 1. The van der Waals surface area contributed by atoms with Crippen LogP contribution in [0.3, 0.4) is 0 Å². The summed E-state index contributed by atoms with van der Waals surface area (Å²) in [7, 11) is 0. The lowest BCUT2D eigenvalue weighted by atomic mass is 10.2. The first-order valence-electron chi connectivity index (χ1n) is 5.72. The van der Waals surface area contributed by atoms with Crippen LogP contribution >= 0.6 is 11.6 Å². The molecule has 0 unspecified atom stereocenters. The molecule has 5 nitrogen and oxygen atoms in total. The van der Waals surface area contributed by atoms with Gasteiger partial charge in [-0.2, -0.15) is 5.11 Å². The normalized spacial score (nSPS) is 12.4. The van der Waals surface area contributed by atoms with Crippen LogP contribution in [0.4, 0.5) is 5.69 Å². The van der Waals surface area contributed by atoms with Crippen molar-refractivity contribution >= 4 is 23.3 Å². The molecular weight excluding hydrogens is 268 g/mol. The highest BCUT2D eigenvalue weighted by atomic mass is 35.5. The zero-order valence-corrected chi connectivity index (χ0v) is 11.5. The minimum Gasteiger partial charge on any atom is -0.508 e. The van der Waals surface area contributed by atoms with E-state index in [-0.39, 0.29) is 23.9 Å². The fourth-order valence-corrected chi connectivity index (χ4v) is 1.32. The molecule has 1 aromatic rings. The molecule has 0 heterocycles. The highest BCUT2D eigenvalue weighted by Gasteiger charge is 2.15. The quantitative estimate of drug-likeness (QED) is 0.295. The van der Waals surface area contributed by atoms with Crippen molar-refractivity contribution < 1.29 is 14.6 Å². The molecule has 6 heteroatoms. The molecule has 0 radical (unpaired) electrons. The van der Waals surface area contributed by atoms with Gasteiger partial charge >= 0.3 is 5.97 Å². The number of allylic oxidation sites excluding steroid dienone is 1. The van der Waals surface area contributed by atoms with E-state index in [9.17, 15) is 9.90 Å². The molecule has 0 aliphatic heterocycles. The Morgan fingerprint density at radius 3 is 2.53 bits per heavy atom. The van der Waals surface area contributed by atoms with E-state index in [0.717, 1.165) is 5.56 Å². The lowest BCUT2D eigenvalue weighted by molar-refractivity contribution is -0.138. The largest absolute Gasteiger partial charge is 0.508 e. The highest BCUT2D eigenvalue weighted by Crippen LogP contribution is 2.16. The van der Waals surface area contributed by atoms with Crippen LogP contribution in [-0.2, 0) is 9.53 Å². The number of nitrogens with zero attached hydrogens (tertiary/aromatic N) is 2. The summed E-state index contributed by atoms with van der Waals surface area (Å²) in [5, 5.41) is 17.1. The average molecular weight is 283 g/mol. The Bertz CT molecular complexity index is 495. The molecule has 0 saturated carbocycles. The van der Waals surface area contributed by atoms with Crippen molar-refractivity contribution in [3.8, 4) is 0 Å². The third-order valence-corrected chi connectivity index (χ3v) is 2.42. The molecule has 102 valence electrons. The van der Waals surface area contributed by atoms with Crippen LogP contribution < -0.4 is 0 Å². The second kappa shape index (κ2) is 7.53. The van der Waals surface area contributed by atoms with Crippen LogP contribution in [0.25, 0.3) is 0 Å². The summed E-state index contributed by atoms with van der Waals surface area (Å²) < 4.78 is 4.77. The number of aliphatic hydroxyl groups excluding tert-OH is 1. The number of esters is 1. The van der Waals surface area contributed by atoms with Crippen molar-refractivity contribution in [1.29, 1.82) is 0 Å². The van der Waals surface area contributed by atoms with Crippen molar-refractivity contribution in [3.05, 3.63) is 41.3 Å². The summed E-state index contributed by atoms with van der Waals surface area (Å²) >= 11 is 5.48. The molecule has 1 aromatic carbocycles. The number of azo groups is 1. The van der Waals surface area contributed by atoms with Crippen molar-refractivity contribution in [2.45, 2.75) is 13.8 Å². The Morgan fingerprint density at radius 2 is 2.00 bits per heavy atom. The number of carbonyl (C=O) groups is 1. The molecule has 0 aliphatic carbocycles. The first-order chi connectivity index (χ1) is 9.08. The second-order valence-corrected chi connectivity index (χ2v) is 3.95. The van der Waals surface area contributed by atoms with E-state index in [4.69, 9.17) is 16.3 Å². The first kappa shape index (κ1) is 15.2. The third-order valence-electron chi connectivity index (χ3n) is 2.17. The first-order valence-corrected chi connectivity index (χ1v) is 6.25. The summed E-state index contributed by atoms with van der Waals surface area (Å²) in [5.74, 6) is -1.35. The van der Waals surface area contributed by atoms with Crippen LogP contribution in [0.5, 0.6) is 0 Å². The summed E-state index contributed by atoms with van der Waals surface area (Å²) in [6.45, 7) is 3.78. The Hall–Kier alpha value is -1.88. The SMILES string of the molecule is CCOC(=O)C(N=Nc1ccc(C)cc1)=C(O)CCl. The number of carbonyl (C=O) groups excluding carboxylic acids is 1. The van der Waals surface area contributed by atoms with Crippen molar-refractivity contribution in [2.24, 2.45) is 10.2 Å². The molecular formula is C13H15ClN2O3. The fraction of sp³-hybridized carbons (Fsp3) is 0.308. The predicted molar refractivity (Wildman–Crippen MR) is 72.7 cm³/mol. The maximum Gasteiger partial charge on any atom is 0.362 e. The van der Waals surface area contributed by atoms with Gasteiger partial charge < -0.3 is 9.84 Å². The van der Waals surface area contributed by atoms with Gasteiger partial charge in [-0.1, -0.05) is 17.7 Å². The standard InChI is InChI=1S/C13H15ClN2O3/c1-3-19-13(18)12(11(17)8-14)16-15-10-6-4-9(2)5-7-10/h4-7,17H,3,8H2,1-2H3. The van der Waals surface area contributed by atoms with Crippen LogP contribution in [0.15, 0.2) is 46.0 Å². The molecule has 0 spiro atoms. The maximum atomic E-state index is 11.6. The molecule has 0 fully saturated rings. The molecule has 0 amide bonds. The van der Waals surface area contributed by atoms with Crippen LogP contribution in [-0.4, -0.2) is 23.6 Å². The monoisotopic (exact) mass is 282 g/mol. The number of hydrogen-bond acceptors (Lipinski definition) is 5. The molecule has 0 saturated heterocycles. The predicted octanol–water partition coefficient (Wildman–Crippen LogP) is 3.65. The lowest BCUT2D eigenvalue weighted by Crippen LogP contribution is -2.09. The van der Waals surface area contributed by atoms with Gasteiger partial charge in [-0.25, -0.2) is 4.79 Å². The number of benzene rings is 1. The summed E-state index contributed by atoms with van der Waals surface area (Å²) in [6, 6.07) is 7.23. The minimum absolute atomic E-state index is 0.179. The van der Waals surface area contributed by atoms with Crippen molar-refractivity contribution in [3.63, 3.8) is 0 Å². The van der Waals surface area contributed by atoms with Gasteiger partial charge in [-0.05, 0) is 26.0 Å². The number of halogens is 1. The van der Waals surface area contributed by atoms with E-state index in [1.807, 2.05) is 19.1 Å². The van der Waals surface area contributed by atoms with Crippen LogP contribution in [0.2, 0.25) is 0 Å². The molecule has 19 heavy (non-hydrogen) atoms. The van der Waals surface area contributed by atoms with Gasteiger partial charge in [0.25, 0.3) is 0 Å². The van der Waals surface area contributed by atoms with Gasteiger partial charge in [-0.15, -0.1) is 16.7 Å². The number of hydrogen-bond donors (Lipinski definition) is 1. The van der Waals surface area contributed by atoms with Crippen molar-refractivity contribution in [2.75, 3.05) is 12.5 Å². The topological polar surface area (TPSA) is 71.2 Å². The van der Waals surface area contributed by atoms with Gasteiger partial charge in [0.15, 0.2) is 0 Å². The van der Waals surface area contributed by atoms with E-state index < -0.39 is 5.97 Å². The van der Waals surface area contributed by atoms with E-state index in [2.05, 4.69) is 10.2 Å². The van der Waals surface area contributed by atoms with Gasteiger partial charge in [0, 0.05) is 0 Å². The number of aryl methyl sites for hydroxylation is 1. The Kier molecular flexibility index (Phi) is 6.02. The summed E-state index contributed by atoms with van der Waals surface area (Å²) in [6.07, 6.45) is 0. The summed E-state index contributed by atoms with van der Waals surface area (Å²) in [5.41, 5.74) is 1.37. The van der Waals surface area contributed by atoms with E-state index in [1.165, 1.54) is 0 Å². The lowest BCUT2D eigenvalue weighted by Gasteiger charge is -2.03. The summed E-state index contributed by atoms with van der Waals surface area (Å²) in [4.78, 5) is 11.6. The average Bonchev–Trinajstić information content (AvgIpc) is 2.41. The molecule has 0 aromatic heterocycles. The molecule has 1 N–H and O–H groups in total. The molecule has 1 rings (SSSR count). The van der Waals surface area contributed by atoms with Gasteiger partial charge in [0.2, 0.25) is 5.70 Å². The van der Waals surface area contributed by atoms with Gasteiger partial charge in [0.1, 0.15) is 5.76 Å². The Labute approximate surface area is 116 Å². The van der Waals surface area contributed by atoms with Crippen LogP contribution in [0.1, 0.15) is 12.5 Å².